The maximum atomic E-state index is 12.6. The average Bonchev–Trinajstić information content (AvgIpc) is 3.03. The number of methoxy groups -OCH3 is 1. The lowest BCUT2D eigenvalue weighted by atomic mass is 10.1. The highest BCUT2D eigenvalue weighted by Gasteiger charge is 2.30. The quantitative estimate of drug-likeness (QED) is 0.779. The monoisotopic (exact) mass is 336 g/mol. The second kappa shape index (κ2) is 5.88. The van der Waals surface area contributed by atoms with Crippen LogP contribution in [0.25, 0.3) is 22.8 Å². The number of phenolic OH excluding ortho intramolecular Hbond substituents is 1. The fourth-order valence-electron chi connectivity index (χ4n) is 2.08. The zero-order valence-electron chi connectivity index (χ0n) is 12.3. The molecule has 1 heterocycles. The van der Waals surface area contributed by atoms with Crippen molar-refractivity contribution in [3.8, 4) is 34.3 Å². The van der Waals surface area contributed by atoms with Crippen LogP contribution in [0.2, 0.25) is 0 Å². The number of rotatable bonds is 3. The van der Waals surface area contributed by atoms with Crippen LogP contribution in [-0.2, 0) is 6.18 Å². The lowest BCUT2D eigenvalue weighted by molar-refractivity contribution is -0.137. The largest absolute Gasteiger partial charge is 0.507 e. The van der Waals surface area contributed by atoms with Crippen molar-refractivity contribution in [1.82, 2.24) is 10.1 Å². The number of hydrogen-bond donors (Lipinski definition) is 1. The molecule has 0 atom stereocenters. The van der Waals surface area contributed by atoms with Gasteiger partial charge in [-0.3, -0.25) is 0 Å². The number of ether oxygens (including phenoxy) is 1. The van der Waals surface area contributed by atoms with Crippen molar-refractivity contribution in [1.29, 1.82) is 0 Å². The van der Waals surface area contributed by atoms with Crippen LogP contribution in [0.4, 0.5) is 13.2 Å². The van der Waals surface area contributed by atoms with E-state index in [1.807, 2.05) is 0 Å². The molecule has 2 aromatic carbocycles. The van der Waals surface area contributed by atoms with Crippen LogP contribution in [0.15, 0.2) is 47.0 Å². The zero-order chi connectivity index (χ0) is 17.3. The predicted octanol–water partition coefficient (Wildman–Crippen LogP) is 4.14. The first-order chi connectivity index (χ1) is 11.4. The van der Waals surface area contributed by atoms with Crippen molar-refractivity contribution in [3.63, 3.8) is 0 Å². The Balaban J connectivity index is 1.91. The molecule has 0 saturated heterocycles. The van der Waals surface area contributed by atoms with Gasteiger partial charge in [0.2, 0.25) is 5.82 Å². The molecule has 0 fully saturated rings. The predicted molar refractivity (Wildman–Crippen MR) is 78.4 cm³/mol. The lowest BCUT2D eigenvalue weighted by Crippen LogP contribution is -2.04. The zero-order valence-corrected chi connectivity index (χ0v) is 12.3. The lowest BCUT2D eigenvalue weighted by Gasteiger charge is -2.05. The van der Waals surface area contributed by atoms with Gasteiger partial charge in [0.1, 0.15) is 11.5 Å². The smallest absolute Gasteiger partial charge is 0.416 e. The highest BCUT2D eigenvalue weighted by atomic mass is 19.4. The molecule has 1 N–H and O–H groups in total. The van der Waals surface area contributed by atoms with Gasteiger partial charge in [0, 0.05) is 11.6 Å². The van der Waals surface area contributed by atoms with E-state index in [1.165, 1.54) is 31.4 Å². The van der Waals surface area contributed by atoms with E-state index >= 15 is 0 Å². The van der Waals surface area contributed by atoms with Crippen LogP contribution in [0.1, 0.15) is 5.56 Å². The van der Waals surface area contributed by atoms with E-state index in [0.29, 0.717) is 16.9 Å². The highest BCUT2D eigenvalue weighted by molar-refractivity contribution is 5.66. The van der Waals surface area contributed by atoms with Crippen molar-refractivity contribution in [3.05, 3.63) is 48.0 Å². The second-order valence-corrected chi connectivity index (χ2v) is 4.88. The molecule has 3 aromatic rings. The van der Waals surface area contributed by atoms with E-state index in [1.54, 1.807) is 6.07 Å². The molecule has 3 rings (SSSR count). The Bertz CT molecular complexity index is 858. The van der Waals surface area contributed by atoms with E-state index in [0.717, 1.165) is 12.1 Å². The number of nitrogens with zero attached hydrogens (tertiary/aromatic N) is 2. The average molecular weight is 336 g/mol. The van der Waals surface area contributed by atoms with Gasteiger partial charge in [-0.2, -0.15) is 18.2 Å². The van der Waals surface area contributed by atoms with Gasteiger partial charge in [-0.05, 0) is 24.3 Å². The minimum Gasteiger partial charge on any atom is -0.507 e. The molecular weight excluding hydrogens is 325 g/mol. The maximum absolute atomic E-state index is 12.6. The molecule has 24 heavy (non-hydrogen) atoms. The normalized spacial score (nSPS) is 11.5. The minimum atomic E-state index is -4.41. The molecule has 0 unspecified atom stereocenters. The number of phenols is 1. The first kappa shape index (κ1) is 15.9. The van der Waals surface area contributed by atoms with Crippen LogP contribution in [-0.4, -0.2) is 22.4 Å². The fourth-order valence-corrected chi connectivity index (χ4v) is 2.08. The third-order valence-electron chi connectivity index (χ3n) is 3.33. The van der Waals surface area contributed by atoms with Crippen molar-refractivity contribution in [2.24, 2.45) is 0 Å². The second-order valence-electron chi connectivity index (χ2n) is 4.88. The van der Waals surface area contributed by atoms with Gasteiger partial charge in [0.05, 0.1) is 18.2 Å². The summed E-state index contributed by atoms with van der Waals surface area (Å²) in [5, 5.41) is 13.7. The third kappa shape index (κ3) is 3.03. The molecule has 8 heteroatoms. The first-order valence-electron chi connectivity index (χ1n) is 6.77. The summed E-state index contributed by atoms with van der Waals surface area (Å²) in [4.78, 5) is 4.10. The number of benzene rings is 2. The Kier molecular flexibility index (Phi) is 3.88. The van der Waals surface area contributed by atoms with Gasteiger partial charge in [-0.15, -0.1) is 0 Å². The Morgan fingerprint density at radius 2 is 1.79 bits per heavy atom. The molecule has 5 nitrogen and oxygen atoms in total. The summed E-state index contributed by atoms with van der Waals surface area (Å²) < 4.78 is 47.8. The number of alkyl halides is 3. The van der Waals surface area contributed by atoms with E-state index in [-0.39, 0.29) is 17.5 Å². The van der Waals surface area contributed by atoms with Crippen LogP contribution in [0, 0.1) is 0 Å². The van der Waals surface area contributed by atoms with Crippen LogP contribution < -0.4 is 4.74 Å². The molecule has 0 aliphatic rings. The van der Waals surface area contributed by atoms with Crippen LogP contribution >= 0.6 is 0 Å². The van der Waals surface area contributed by atoms with Crippen molar-refractivity contribution in [2.75, 3.05) is 7.11 Å². The van der Waals surface area contributed by atoms with Gasteiger partial charge in [-0.1, -0.05) is 17.3 Å². The van der Waals surface area contributed by atoms with E-state index in [4.69, 9.17) is 9.26 Å². The number of aromatic nitrogens is 2. The molecule has 0 bridgehead atoms. The molecule has 1 aromatic heterocycles. The van der Waals surface area contributed by atoms with E-state index < -0.39 is 11.7 Å². The molecule has 0 aliphatic heterocycles. The van der Waals surface area contributed by atoms with Gasteiger partial charge in [0.15, 0.2) is 0 Å². The van der Waals surface area contributed by atoms with Crippen molar-refractivity contribution < 1.29 is 27.5 Å². The van der Waals surface area contributed by atoms with Gasteiger partial charge < -0.3 is 14.4 Å². The summed E-state index contributed by atoms with van der Waals surface area (Å²) >= 11 is 0. The standard InChI is InChI=1S/C16H11F3N2O3/c1-23-11-6-7-12(13(22)8-11)15-20-14(21-24-15)9-2-4-10(5-3-9)16(17,18)19/h2-8,22H,1H3. The van der Waals surface area contributed by atoms with E-state index in [9.17, 15) is 18.3 Å². The van der Waals surface area contributed by atoms with Crippen molar-refractivity contribution >= 4 is 0 Å². The summed E-state index contributed by atoms with van der Waals surface area (Å²) in [6.45, 7) is 0. The number of aromatic hydroxyl groups is 1. The third-order valence-corrected chi connectivity index (χ3v) is 3.33. The summed E-state index contributed by atoms with van der Waals surface area (Å²) in [5.74, 6) is 0.509. The Morgan fingerprint density at radius 1 is 1.08 bits per heavy atom. The fraction of sp³-hybridized carbons (Fsp3) is 0.125. The Morgan fingerprint density at radius 3 is 2.38 bits per heavy atom. The maximum Gasteiger partial charge on any atom is 0.416 e. The first-order valence-corrected chi connectivity index (χ1v) is 6.77. The molecule has 0 amide bonds. The van der Waals surface area contributed by atoms with Crippen LogP contribution in [0.3, 0.4) is 0 Å². The molecule has 0 aliphatic carbocycles. The minimum absolute atomic E-state index is 0.0463. The number of halogens is 3. The van der Waals surface area contributed by atoms with E-state index in [2.05, 4.69) is 10.1 Å². The topological polar surface area (TPSA) is 68.4 Å². The molecule has 0 spiro atoms. The van der Waals surface area contributed by atoms with Gasteiger partial charge in [-0.25, -0.2) is 0 Å². The molecule has 0 radical (unpaired) electrons. The Hall–Kier alpha value is -3.03. The molecule has 124 valence electrons. The highest BCUT2D eigenvalue weighted by Crippen LogP contribution is 2.33. The van der Waals surface area contributed by atoms with Gasteiger partial charge in [0.25, 0.3) is 5.89 Å². The summed E-state index contributed by atoms with van der Waals surface area (Å²) in [5.41, 5.74) is -0.102. The number of hydrogen-bond acceptors (Lipinski definition) is 5. The van der Waals surface area contributed by atoms with Crippen molar-refractivity contribution in [2.45, 2.75) is 6.18 Å². The van der Waals surface area contributed by atoms with Gasteiger partial charge >= 0.3 is 6.18 Å². The SMILES string of the molecule is COc1ccc(-c2nc(-c3ccc(C(F)(F)F)cc3)no2)c(O)c1. The summed E-state index contributed by atoms with van der Waals surface area (Å²) in [6, 6.07) is 8.93. The summed E-state index contributed by atoms with van der Waals surface area (Å²) in [7, 11) is 1.46. The van der Waals surface area contributed by atoms with Crippen LogP contribution in [0.5, 0.6) is 11.5 Å². The Labute approximate surface area is 134 Å². The summed E-state index contributed by atoms with van der Waals surface area (Å²) in [6.07, 6.45) is -4.41. The molecular formula is C16H11F3N2O3. The molecule has 0 saturated carbocycles.